The summed E-state index contributed by atoms with van der Waals surface area (Å²) in [5.74, 6) is -0.547. The van der Waals surface area contributed by atoms with E-state index in [-0.39, 0.29) is 17.8 Å². The van der Waals surface area contributed by atoms with Gasteiger partial charge in [0.1, 0.15) is 11.5 Å². The van der Waals surface area contributed by atoms with E-state index >= 15 is 0 Å². The summed E-state index contributed by atoms with van der Waals surface area (Å²) in [6.07, 6.45) is 1.85. The van der Waals surface area contributed by atoms with Gasteiger partial charge in [-0.1, -0.05) is 53.2 Å². The van der Waals surface area contributed by atoms with Crippen molar-refractivity contribution in [1.29, 1.82) is 5.26 Å². The SMILES string of the molecule is N#CCCSC1=N/C(=C/c2ccc(Cl)c(Cl)c2)C(=O)N1c1ccccc1F. The molecule has 8 heteroatoms. The highest BCUT2D eigenvalue weighted by Crippen LogP contribution is 2.32. The normalized spacial score (nSPS) is 15.2. The summed E-state index contributed by atoms with van der Waals surface area (Å²) < 4.78 is 14.3. The summed E-state index contributed by atoms with van der Waals surface area (Å²) in [4.78, 5) is 18.5. The molecule has 2 aromatic carbocycles. The number of amides is 1. The van der Waals surface area contributed by atoms with E-state index in [9.17, 15) is 9.18 Å². The lowest BCUT2D eigenvalue weighted by Crippen LogP contribution is -2.31. The van der Waals surface area contributed by atoms with Crippen LogP contribution in [0.1, 0.15) is 12.0 Å². The fourth-order valence-corrected chi connectivity index (χ4v) is 3.54. The number of benzene rings is 2. The summed E-state index contributed by atoms with van der Waals surface area (Å²) in [6, 6.07) is 13.0. The van der Waals surface area contributed by atoms with Crippen LogP contribution in [0, 0.1) is 17.1 Å². The molecule has 4 nitrogen and oxygen atoms in total. The zero-order chi connectivity index (χ0) is 19.4. The molecule has 0 aromatic heterocycles. The molecule has 0 spiro atoms. The maximum absolute atomic E-state index is 14.3. The zero-order valence-corrected chi connectivity index (χ0v) is 16.2. The number of rotatable bonds is 4. The largest absolute Gasteiger partial charge is 0.283 e. The van der Waals surface area contributed by atoms with Crippen LogP contribution < -0.4 is 4.90 Å². The molecule has 0 fully saturated rings. The maximum atomic E-state index is 14.3. The number of aliphatic imine (C=N–C) groups is 1. The molecule has 0 unspecified atom stereocenters. The first-order valence-electron chi connectivity index (χ1n) is 7.85. The third-order valence-electron chi connectivity index (χ3n) is 3.62. The van der Waals surface area contributed by atoms with Gasteiger partial charge in [-0.05, 0) is 35.9 Å². The number of carbonyl (C=O) groups excluding carboxylic acids is 1. The lowest BCUT2D eigenvalue weighted by Gasteiger charge is -2.18. The number of thioether (sulfide) groups is 1. The Labute approximate surface area is 169 Å². The van der Waals surface area contributed by atoms with Gasteiger partial charge in [0.15, 0.2) is 5.17 Å². The van der Waals surface area contributed by atoms with Gasteiger partial charge >= 0.3 is 0 Å². The van der Waals surface area contributed by atoms with Gasteiger partial charge in [0.2, 0.25) is 0 Å². The minimum absolute atomic E-state index is 0.114. The highest BCUT2D eigenvalue weighted by molar-refractivity contribution is 8.14. The molecule has 27 heavy (non-hydrogen) atoms. The Morgan fingerprint density at radius 2 is 2.00 bits per heavy atom. The summed E-state index contributed by atoms with van der Waals surface area (Å²) in [7, 11) is 0. The average molecular weight is 420 g/mol. The highest BCUT2D eigenvalue weighted by atomic mass is 35.5. The fraction of sp³-hybridized carbons (Fsp3) is 0.105. The van der Waals surface area contributed by atoms with Crippen molar-refractivity contribution in [3.63, 3.8) is 0 Å². The van der Waals surface area contributed by atoms with E-state index in [2.05, 4.69) is 4.99 Å². The standard InChI is InChI=1S/C19H12Cl2FN3OS/c20-13-7-6-12(10-14(13)21)11-16-18(26)25(17-5-2-1-4-15(17)22)19(24-16)27-9-3-8-23/h1-2,4-7,10-11H,3,9H2/b16-11+. The van der Waals surface area contributed by atoms with Gasteiger partial charge in [0.25, 0.3) is 5.91 Å². The second-order valence-corrected chi connectivity index (χ2v) is 7.32. The molecule has 1 amide bonds. The molecule has 136 valence electrons. The van der Waals surface area contributed by atoms with Crippen LogP contribution in [0.5, 0.6) is 0 Å². The number of para-hydroxylation sites is 1. The number of halogens is 3. The number of anilines is 1. The molecule has 3 rings (SSSR count). The summed E-state index contributed by atoms with van der Waals surface area (Å²) >= 11 is 13.2. The highest BCUT2D eigenvalue weighted by Gasteiger charge is 2.33. The fourth-order valence-electron chi connectivity index (χ4n) is 2.39. The lowest BCUT2D eigenvalue weighted by molar-refractivity contribution is -0.113. The quantitative estimate of drug-likeness (QED) is 0.483. The third-order valence-corrected chi connectivity index (χ3v) is 5.29. The Balaban J connectivity index is 1.99. The molecular weight excluding hydrogens is 408 g/mol. The van der Waals surface area contributed by atoms with Crippen molar-refractivity contribution in [3.8, 4) is 6.07 Å². The van der Waals surface area contributed by atoms with Crippen molar-refractivity contribution in [2.24, 2.45) is 4.99 Å². The Bertz CT molecular complexity index is 1000. The number of hydrogen-bond acceptors (Lipinski definition) is 4. The third kappa shape index (κ3) is 4.33. The van der Waals surface area contributed by atoms with Crippen LogP contribution in [0.15, 0.2) is 53.2 Å². The van der Waals surface area contributed by atoms with Crippen LogP contribution in [0.2, 0.25) is 10.0 Å². The van der Waals surface area contributed by atoms with E-state index in [0.717, 1.165) is 0 Å². The first-order valence-corrected chi connectivity index (χ1v) is 9.59. The first kappa shape index (κ1) is 19.4. The molecule has 0 atom stereocenters. The van der Waals surface area contributed by atoms with Crippen molar-refractivity contribution in [2.45, 2.75) is 6.42 Å². The number of hydrogen-bond donors (Lipinski definition) is 0. The first-order chi connectivity index (χ1) is 13.0. The molecule has 0 saturated heterocycles. The Hall–Kier alpha value is -2.33. The second kappa shape index (κ2) is 8.57. The molecule has 0 radical (unpaired) electrons. The van der Waals surface area contributed by atoms with Crippen LogP contribution in [-0.4, -0.2) is 16.8 Å². The Kier molecular flexibility index (Phi) is 6.17. The van der Waals surface area contributed by atoms with E-state index in [0.29, 0.717) is 26.5 Å². The van der Waals surface area contributed by atoms with E-state index in [1.54, 1.807) is 36.4 Å². The van der Waals surface area contributed by atoms with E-state index in [1.807, 2.05) is 6.07 Å². The Morgan fingerprint density at radius 3 is 2.70 bits per heavy atom. The summed E-state index contributed by atoms with van der Waals surface area (Å²) in [5.41, 5.74) is 0.910. The molecule has 2 aromatic rings. The number of nitriles is 1. The zero-order valence-electron chi connectivity index (χ0n) is 13.8. The van der Waals surface area contributed by atoms with Crippen molar-refractivity contribution >= 4 is 57.8 Å². The lowest BCUT2D eigenvalue weighted by atomic mass is 10.2. The van der Waals surface area contributed by atoms with Crippen LogP contribution in [-0.2, 0) is 4.79 Å². The number of nitrogens with zero attached hydrogens (tertiary/aromatic N) is 3. The van der Waals surface area contributed by atoms with Gasteiger partial charge in [0, 0.05) is 12.2 Å². The van der Waals surface area contributed by atoms with Crippen molar-refractivity contribution in [1.82, 2.24) is 0 Å². The monoisotopic (exact) mass is 419 g/mol. The molecule has 0 bridgehead atoms. The molecule has 1 aliphatic rings. The summed E-state index contributed by atoms with van der Waals surface area (Å²) in [5, 5.41) is 9.82. The smallest absolute Gasteiger partial charge is 0.266 e. The average Bonchev–Trinajstić information content (AvgIpc) is 2.94. The van der Waals surface area contributed by atoms with Gasteiger partial charge < -0.3 is 0 Å². The van der Waals surface area contributed by atoms with Crippen LogP contribution in [0.25, 0.3) is 6.08 Å². The van der Waals surface area contributed by atoms with Crippen molar-refractivity contribution in [2.75, 3.05) is 10.7 Å². The van der Waals surface area contributed by atoms with Crippen LogP contribution in [0.4, 0.5) is 10.1 Å². The van der Waals surface area contributed by atoms with Gasteiger partial charge in [-0.15, -0.1) is 0 Å². The van der Waals surface area contributed by atoms with Gasteiger partial charge in [-0.3, -0.25) is 9.69 Å². The van der Waals surface area contributed by atoms with Gasteiger partial charge in [-0.2, -0.15) is 5.26 Å². The molecular formula is C19H12Cl2FN3OS. The van der Waals surface area contributed by atoms with Crippen LogP contribution >= 0.6 is 35.0 Å². The number of carbonyl (C=O) groups is 1. The molecule has 0 N–H and O–H groups in total. The number of amidine groups is 1. The Morgan fingerprint density at radius 1 is 1.22 bits per heavy atom. The van der Waals surface area contributed by atoms with Gasteiger partial charge in [0.05, 0.1) is 21.8 Å². The van der Waals surface area contributed by atoms with Gasteiger partial charge in [-0.25, -0.2) is 9.38 Å². The maximum Gasteiger partial charge on any atom is 0.283 e. The van der Waals surface area contributed by atoms with E-state index < -0.39 is 11.7 Å². The van der Waals surface area contributed by atoms with E-state index in [1.165, 1.54) is 28.8 Å². The van der Waals surface area contributed by atoms with Crippen molar-refractivity contribution in [3.05, 3.63) is 69.6 Å². The molecule has 0 aliphatic carbocycles. The molecule has 1 heterocycles. The molecule has 1 aliphatic heterocycles. The second-order valence-electron chi connectivity index (χ2n) is 5.45. The topological polar surface area (TPSA) is 56.5 Å². The molecule has 0 saturated carbocycles. The van der Waals surface area contributed by atoms with E-state index in [4.69, 9.17) is 28.5 Å². The predicted molar refractivity (Wildman–Crippen MR) is 108 cm³/mol. The van der Waals surface area contributed by atoms with Crippen LogP contribution in [0.3, 0.4) is 0 Å². The minimum Gasteiger partial charge on any atom is -0.266 e. The minimum atomic E-state index is -0.532. The predicted octanol–water partition coefficient (Wildman–Crippen LogP) is 5.52. The summed E-state index contributed by atoms with van der Waals surface area (Å²) in [6.45, 7) is 0. The van der Waals surface area contributed by atoms with Crippen molar-refractivity contribution < 1.29 is 9.18 Å².